The highest BCUT2D eigenvalue weighted by molar-refractivity contribution is 6.42. The summed E-state index contributed by atoms with van der Waals surface area (Å²) in [7, 11) is 25.9. The molecule has 7 aliphatic rings. The van der Waals surface area contributed by atoms with E-state index in [0.717, 1.165) is 149 Å². The Morgan fingerprint density at radius 3 is 0.985 bits per heavy atom. The van der Waals surface area contributed by atoms with Crippen molar-refractivity contribution < 1.29 is 81.1 Å². The van der Waals surface area contributed by atoms with Gasteiger partial charge in [-0.3, -0.25) is 4.90 Å². The van der Waals surface area contributed by atoms with Gasteiger partial charge in [0.25, 0.3) is 5.92 Å². The molecule has 18 atom stereocenters. The first-order valence-electron chi connectivity index (χ1n) is 48.3. The van der Waals surface area contributed by atoms with Crippen molar-refractivity contribution >= 4 is 69.6 Å². The minimum atomic E-state index is -4.53. The summed E-state index contributed by atoms with van der Waals surface area (Å²) in [4.78, 5) is 13.3. The molecular formula is C106H150Cl6F12N6O6. The summed E-state index contributed by atoms with van der Waals surface area (Å²) in [6, 6.07) is 31.0. The van der Waals surface area contributed by atoms with Crippen molar-refractivity contribution in [1.29, 1.82) is 0 Å². The van der Waals surface area contributed by atoms with Gasteiger partial charge in [0, 0.05) is 89.1 Å². The zero-order valence-electron chi connectivity index (χ0n) is 83.5. The second-order valence-electron chi connectivity index (χ2n) is 40.6. The maximum Gasteiger partial charge on any atom is 0.416 e. The average molecular weight is 2050 g/mol. The maximum absolute atomic E-state index is 13.6. The Kier molecular flexibility index (Phi) is 45.6. The number of alkyl halides is 11. The molecule has 6 aromatic carbocycles. The summed E-state index contributed by atoms with van der Waals surface area (Å²) < 4.78 is 193. The van der Waals surface area contributed by atoms with Crippen molar-refractivity contribution in [2.45, 2.75) is 360 Å². The number of benzene rings is 6. The van der Waals surface area contributed by atoms with E-state index < -0.39 is 47.0 Å². The third-order valence-corrected chi connectivity index (χ3v) is 30.3. The molecule has 13 rings (SSSR count). The van der Waals surface area contributed by atoms with Gasteiger partial charge in [0.05, 0.1) is 87.8 Å². The molecule has 6 aromatic rings. The molecule has 0 saturated heterocycles. The molecular weight excluding hydrogens is 1890 g/mol. The monoisotopic (exact) mass is 2040 g/mol. The summed E-state index contributed by atoms with van der Waals surface area (Å²) in [6.07, 6.45) is 8.85. The predicted octanol–water partition coefficient (Wildman–Crippen LogP) is 29.7. The van der Waals surface area contributed by atoms with Gasteiger partial charge < -0.3 is 52.9 Å². The quantitative estimate of drug-likeness (QED) is 0.0542. The molecule has 0 unspecified atom stereocenters. The van der Waals surface area contributed by atoms with Crippen LogP contribution < -0.4 is 0 Å². The van der Waals surface area contributed by atoms with E-state index in [1.54, 1.807) is 32.4 Å². The molecule has 0 heterocycles. The molecule has 0 aromatic heterocycles. The third kappa shape index (κ3) is 34.5. The zero-order valence-corrected chi connectivity index (χ0v) is 88.1. The topological polar surface area (TPSA) is 74.8 Å². The highest BCUT2D eigenvalue weighted by Gasteiger charge is 2.44. The van der Waals surface area contributed by atoms with E-state index in [1.165, 1.54) is 60.7 Å². The highest BCUT2D eigenvalue weighted by atomic mass is 35.5. The predicted molar refractivity (Wildman–Crippen MR) is 531 cm³/mol. The van der Waals surface area contributed by atoms with Crippen LogP contribution in [0.5, 0.6) is 0 Å². The summed E-state index contributed by atoms with van der Waals surface area (Å²) >= 11 is 37.2. The van der Waals surface area contributed by atoms with E-state index >= 15 is 0 Å². The van der Waals surface area contributed by atoms with Crippen LogP contribution in [0.2, 0.25) is 30.1 Å². The molecule has 12 nitrogen and oxygen atoms in total. The lowest BCUT2D eigenvalue weighted by molar-refractivity contribution is -0.138. The van der Waals surface area contributed by atoms with Crippen LogP contribution in [0, 0.1) is 5.82 Å². The fourth-order valence-corrected chi connectivity index (χ4v) is 22.3. The lowest BCUT2D eigenvalue weighted by Crippen LogP contribution is -2.52. The van der Waals surface area contributed by atoms with Crippen molar-refractivity contribution in [2.75, 3.05) is 91.7 Å². The molecule has 766 valence electrons. The second-order valence-corrected chi connectivity index (χ2v) is 43.0. The Morgan fingerprint density at radius 1 is 0.301 bits per heavy atom. The summed E-state index contributed by atoms with van der Waals surface area (Å²) in [5.41, 5.74) is 3.08. The zero-order chi connectivity index (χ0) is 101. The number of halogens is 18. The van der Waals surface area contributed by atoms with E-state index in [4.69, 9.17) is 98.0 Å². The van der Waals surface area contributed by atoms with Gasteiger partial charge in [0.1, 0.15) is 5.82 Å². The van der Waals surface area contributed by atoms with E-state index in [1.807, 2.05) is 97.4 Å². The van der Waals surface area contributed by atoms with Gasteiger partial charge in [-0.15, -0.1) is 0 Å². The first kappa shape index (κ1) is 117. The largest absolute Gasteiger partial charge is 0.416 e. The van der Waals surface area contributed by atoms with Gasteiger partial charge in [-0.1, -0.05) is 106 Å². The van der Waals surface area contributed by atoms with E-state index in [9.17, 15) is 52.7 Å². The summed E-state index contributed by atoms with van der Waals surface area (Å²) in [5, 5.41) is 3.85. The standard InChI is InChI=1S/C21H30F3NO.C18H25ClF3NO.2C17H25Cl2NO.C17H24ClF2NO.C16H21F4NO/c1-14(2)26-20-11-10-16(13-19(20)25(3)18-8-5-9-18)15-6-4-7-17(12-15)21(22,23)24;1-11(2)24-17-8-5-12(9-16(17)23(3)4)14-10-13(18(20,21)22)6-7-15(14)19;1-11(2)21-17-8-5-12(9-16(17)20(3)4)14-10-13(18)6-7-15(14)19;1-11(2)21-17-8-6-13(10-16(17)20(3)4)12-5-7-14(18)15(19)9-12;1-17(19,20)12-6-7-14(18)13(10-12)11-5-8-16(22-4)15(9-11)21(2)3;1-21(2)14-8-10(4-5-15(14)22-3)11-6-12(16(18,19)20)9-13(17)7-11/h4,6-7,12,14,16,18-20H,5,8-11,13H2,1-3H3;6-7,10-12,16-17H,5,8-9H2,1-4H3;6-7,10-12,16-17H,5,8-9H2,1-4H3;5,7,9,11,13,16-17H,6,8,10H2,1-4H3;6-7,10-11,15-16H,5,8-9H2,1-4H3;6-7,9-10,14-15H,4-5,8H2,1-3H3/t16-,19-,20-;2*12-,16-,17-;13-,16-,17-;11-,15-,16-;10-,14-,15-/m000000/s1. The molecule has 7 fully saturated rings. The van der Waals surface area contributed by atoms with Crippen molar-refractivity contribution in [2.24, 2.45) is 0 Å². The van der Waals surface area contributed by atoms with Gasteiger partial charge in [-0.05, 0) is 415 Å². The van der Waals surface area contributed by atoms with Gasteiger partial charge in [-0.25, -0.2) is 13.2 Å². The molecule has 0 amide bonds. The number of methoxy groups -OCH3 is 2. The van der Waals surface area contributed by atoms with Crippen LogP contribution in [0.3, 0.4) is 0 Å². The first-order chi connectivity index (χ1) is 63.6. The number of ether oxygens (including phenoxy) is 6. The van der Waals surface area contributed by atoms with Crippen LogP contribution in [0.25, 0.3) is 0 Å². The number of rotatable bonds is 24. The second kappa shape index (κ2) is 53.0. The van der Waals surface area contributed by atoms with Crippen LogP contribution >= 0.6 is 69.6 Å². The van der Waals surface area contributed by atoms with Crippen molar-refractivity contribution in [3.63, 3.8) is 0 Å². The molecule has 7 aliphatic carbocycles. The molecule has 7 saturated carbocycles. The van der Waals surface area contributed by atoms with E-state index in [0.29, 0.717) is 92.3 Å². The van der Waals surface area contributed by atoms with E-state index in [-0.39, 0.29) is 102 Å². The Labute approximate surface area is 833 Å². The van der Waals surface area contributed by atoms with Gasteiger partial charge in [-0.2, -0.15) is 39.5 Å². The van der Waals surface area contributed by atoms with E-state index in [2.05, 4.69) is 107 Å². The molecule has 0 aliphatic heterocycles. The van der Waals surface area contributed by atoms with Crippen LogP contribution in [0.15, 0.2) is 115 Å². The minimum Gasteiger partial charge on any atom is -0.380 e. The molecule has 0 N–H and O–H groups in total. The number of likely N-dealkylation sites (N-methyl/N-ethyl adjacent to an activating group) is 6. The maximum atomic E-state index is 13.6. The van der Waals surface area contributed by atoms with Crippen LogP contribution in [-0.4, -0.2) is 224 Å². The lowest BCUT2D eigenvalue weighted by Gasteiger charge is -2.47. The molecule has 0 radical (unpaired) electrons. The molecule has 0 bridgehead atoms. The van der Waals surface area contributed by atoms with Crippen LogP contribution in [-0.2, 0) is 52.9 Å². The molecule has 0 spiro atoms. The minimum absolute atomic E-state index is 0.0132. The first-order valence-corrected chi connectivity index (χ1v) is 50.5. The Balaban J connectivity index is 0.000000201. The normalized spacial score (nSPS) is 26.6. The molecule has 136 heavy (non-hydrogen) atoms. The smallest absolute Gasteiger partial charge is 0.380 e. The number of hydrogen-bond donors (Lipinski definition) is 0. The van der Waals surface area contributed by atoms with Crippen molar-refractivity contribution in [3.8, 4) is 0 Å². The Hall–Kier alpha value is -4.26. The Morgan fingerprint density at radius 2 is 0.618 bits per heavy atom. The fourth-order valence-electron chi connectivity index (χ4n) is 21.0. The highest BCUT2D eigenvalue weighted by Crippen LogP contribution is 2.49. The lowest BCUT2D eigenvalue weighted by atomic mass is 9.77. The summed E-state index contributed by atoms with van der Waals surface area (Å²) in [5.74, 6) is -2.42. The average Bonchev–Trinajstić information content (AvgIpc) is 0.798. The molecule has 30 heteroatoms. The van der Waals surface area contributed by atoms with Gasteiger partial charge in [0.2, 0.25) is 0 Å². The Bertz CT molecular complexity index is 4620. The van der Waals surface area contributed by atoms with Crippen LogP contribution in [0.1, 0.15) is 288 Å². The third-order valence-electron chi connectivity index (χ3n) is 28.3. The van der Waals surface area contributed by atoms with Gasteiger partial charge >= 0.3 is 18.5 Å². The van der Waals surface area contributed by atoms with Gasteiger partial charge in [0.15, 0.2) is 0 Å². The van der Waals surface area contributed by atoms with Crippen molar-refractivity contribution in [1.82, 2.24) is 29.4 Å². The number of nitrogens with zero attached hydrogens (tertiary/aromatic N) is 6. The fraction of sp³-hybridized carbons (Fsp3) is 0.660. The van der Waals surface area contributed by atoms with Crippen LogP contribution in [0.4, 0.5) is 52.7 Å². The SMILES string of the molecule is CC(C)O[C@H]1CC[C@H](c2cc(C(F)(F)F)ccc2Cl)C[C@@H]1N(C)C.CC(C)O[C@H]1CC[C@H](c2cc(Cl)ccc2Cl)C[C@@H]1N(C)C.CC(C)O[C@H]1CC[C@H](c2ccc(Cl)c(Cl)c2)C[C@@H]1N(C)C.CC(C)O[C@H]1CC[C@H](c2cccc(C(F)(F)F)c2)C[C@@H]1N(C)C1CCC1.CO[C@H]1CC[C@H](c2cc(C(C)(F)F)ccc2Cl)C[C@@H]1N(C)C.CO[C@H]1CC[C@H](c2cc(F)cc(C(F)(F)F)c2)C[C@@H]1N(C)C. The van der Waals surface area contributed by atoms with Crippen molar-refractivity contribution in [3.05, 3.63) is 207 Å². The number of hydrogen-bond acceptors (Lipinski definition) is 12. The summed E-state index contributed by atoms with van der Waals surface area (Å²) in [6.45, 7) is 17.5.